The lowest BCUT2D eigenvalue weighted by atomic mass is 9.95. The van der Waals surface area contributed by atoms with Crippen LogP contribution in [0.15, 0.2) is 24.3 Å². The van der Waals surface area contributed by atoms with Crippen LogP contribution >= 0.6 is 0 Å². The molecule has 19 heavy (non-hydrogen) atoms. The van der Waals surface area contributed by atoms with Gasteiger partial charge in [0.05, 0.1) is 6.61 Å². The molecule has 0 fully saturated rings. The fourth-order valence-electron chi connectivity index (χ4n) is 2.85. The van der Waals surface area contributed by atoms with Crippen LogP contribution in [0.2, 0.25) is 0 Å². The minimum atomic E-state index is -0.248. The SMILES string of the molecule is CCOC(=O)[C@H]1Cc2c([nH]c3ccccc23)[C@H](C)N1. The highest BCUT2D eigenvalue weighted by Crippen LogP contribution is 2.31. The van der Waals surface area contributed by atoms with Crippen molar-refractivity contribution in [2.45, 2.75) is 32.4 Å². The summed E-state index contributed by atoms with van der Waals surface area (Å²) in [5.41, 5.74) is 3.55. The standard InChI is InChI=1S/C15H18N2O2/c1-3-19-15(18)13-8-11-10-6-4-5-7-12(10)17-14(11)9(2)16-13/h4-7,9,13,16-17H,3,8H2,1-2H3/t9-,13+/m0/s1. The van der Waals surface area contributed by atoms with E-state index in [0.29, 0.717) is 13.0 Å². The molecule has 0 saturated heterocycles. The number of aromatic amines is 1. The Bertz CT molecular complexity index is 618. The first-order valence-electron chi connectivity index (χ1n) is 6.73. The lowest BCUT2D eigenvalue weighted by Gasteiger charge is -2.27. The zero-order valence-corrected chi connectivity index (χ0v) is 11.2. The molecule has 0 saturated carbocycles. The predicted octanol–water partition coefficient (Wildman–Crippen LogP) is 2.31. The van der Waals surface area contributed by atoms with Gasteiger partial charge in [0.1, 0.15) is 6.04 Å². The molecule has 0 amide bonds. The van der Waals surface area contributed by atoms with Crippen LogP contribution in [0.3, 0.4) is 0 Å². The zero-order chi connectivity index (χ0) is 13.4. The molecule has 1 aliphatic rings. The molecule has 0 spiro atoms. The third kappa shape index (κ3) is 2.02. The Kier molecular flexibility index (Phi) is 3.03. The van der Waals surface area contributed by atoms with Crippen LogP contribution in [-0.4, -0.2) is 23.6 Å². The van der Waals surface area contributed by atoms with E-state index in [-0.39, 0.29) is 18.1 Å². The number of hydrogen-bond donors (Lipinski definition) is 2. The van der Waals surface area contributed by atoms with E-state index in [2.05, 4.69) is 29.4 Å². The van der Waals surface area contributed by atoms with E-state index in [1.165, 1.54) is 16.6 Å². The van der Waals surface area contributed by atoms with Gasteiger partial charge in [0, 0.05) is 29.1 Å². The largest absolute Gasteiger partial charge is 0.465 e. The molecule has 0 radical (unpaired) electrons. The molecule has 0 bridgehead atoms. The van der Waals surface area contributed by atoms with Gasteiger partial charge < -0.3 is 9.72 Å². The summed E-state index contributed by atoms with van der Waals surface area (Å²) in [6, 6.07) is 8.10. The topological polar surface area (TPSA) is 54.1 Å². The van der Waals surface area contributed by atoms with E-state index in [1.807, 2.05) is 19.1 Å². The van der Waals surface area contributed by atoms with Crippen molar-refractivity contribution in [2.75, 3.05) is 6.61 Å². The summed E-state index contributed by atoms with van der Waals surface area (Å²) in [5.74, 6) is -0.162. The fraction of sp³-hybridized carbons (Fsp3) is 0.400. The number of benzene rings is 1. The lowest BCUT2D eigenvalue weighted by molar-refractivity contribution is -0.146. The molecule has 1 aromatic carbocycles. The Morgan fingerprint density at radius 1 is 1.42 bits per heavy atom. The predicted molar refractivity (Wildman–Crippen MR) is 74.0 cm³/mol. The second-order valence-electron chi connectivity index (χ2n) is 4.96. The number of H-pyrrole nitrogens is 1. The smallest absolute Gasteiger partial charge is 0.323 e. The second-order valence-corrected chi connectivity index (χ2v) is 4.96. The molecule has 4 nitrogen and oxygen atoms in total. The van der Waals surface area contributed by atoms with Gasteiger partial charge in [-0.15, -0.1) is 0 Å². The molecule has 2 aromatic rings. The maximum Gasteiger partial charge on any atom is 0.323 e. The van der Waals surface area contributed by atoms with Crippen molar-refractivity contribution in [3.05, 3.63) is 35.5 Å². The van der Waals surface area contributed by atoms with Gasteiger partial charge in [0.15, 0.2) is 0 Å². The van der Waals surface area contributed by atoms with Crippen molar-refractivity contribution in [1.82, 2.24) is 10.3 Å². The molecule has 0 aliphatic carbocycles. The van der Waals surface area contributed by atoms with Crippen molar-refractivity contribution < 1.29 is 9.53 Å². The maximum atomic E-state index is 11.9. The number of fused-ring (bicyclic) bond motifs is 3. The van der Waals surface area contributed by atoms with Crippen LogP contribution in [0.25, 0.3) is 10.9 Å². The van der Waals surface area contributed by atoms with Crippen LogP contribution in [0.4, 0.5) is 0 Å². The number of aromatic nitrogens is 1. The molecule has 2 heterocycles. The summed E-state index contributed by atoms with van der Waals surface area (Å²) in [5, 5.41) is 4.52. The number of rotatable bonds is 2. The number of nitrogens with one attached hydrogen (secondary N) is 2. The molecule has 1 aromatic heterocycles. The molecule has 3 rings (SSSR count). The molecule has 100 valence electrons. The normalized spacial score (nSPS) is 22.2. The summed E-state index contributed by atoms with van der Waals surface area (Å²) in [7, 11) is 0. The average molecular weight is 258 g/mol. The van der Waals surface area contributed by atoms with Gasteiger partial charge in [-0.2, -0.15) is 0 Å². The Hall–Kier alpha value is -1.81. The van der Waals surface area contributed by atoms with Gasteiger partial charge in [0.25, 0.3) is 0 Å². The average Bonchev–Trinajstić information content (AvgIpc) is 2.78. The van der Waals surface area contributed by atoms with Crippen molar-refractivity contribution in [3.63, 3.8) is 0 Å². The zero-order valence-electron chi connectivity index (χ0n) is 11.2. The minimum absolute atomic E-state index is 0.130. The summed E-state index contributed by atoms with van der Waals surface area (Å²) in [4.78, 5) is 15.4. The lowest BCUT2D eigenvalue weighted by Crippen LogP contribution is -2.44. The highest BCUT2D eigenvalue weighted by molar-refractivity contribution is 5.87. The van der Waals surface area contributed by atoms with E-state index >= 15 is 0 Å². The van der Waals surface area contributed by atoms with E-state index in [0.717, 1.165) is 5.52 Å². The van der Waals surface area contributed by atoms with Gasteiger partial charge in [-0.3, -0.25) is 10.1 Å². The summed E-state index contributed by atoms with van der Waals surface area (Å²) in [6.07, 6.45) is 0.683. The van der Waals surface area contributed by atoms with Gasteiger partial charge >= 0.3 is 5.97 Å². The van der Waals surface area contributed by atoms with Crippen LogP contribution in [0.5, 0.6) is 0 Å². The summed E-state index contributed by atoms with van der Waals surface area (Å²) < 4.78 is 5.12. The molecular weight excluding hydrogens is 240 g/mol. The van der Waals surface area contributed by atoms with Gasteiger partial charge in [-0.05, 0) is 25.5 Å². The summed E-state index contributed by atoms with van der Waals surface area (Å²) >= 11 is 0. The Balaban J connectivity index is 2.00. The number of carbonyl (C=O) groups excluding carboxylic acids is 1. The van der Waals surface area contributed by atoms with E-state index < -0.39 is 0 Å². The van der Waals surface area contributed by atoms with Crippen LogP contribution < -0.4 is 5.32 Å². The number of esters is 1. The minimum Gasteiger partial charge on any atom is -0.465 e. The van der Waals surface area contributed by atoms with Gasteiger partial charge in [0.2, 0.25) is 0 Å². The molecule has 1 aliphatic heterocycles. The first-order valence-corrected chi connectivity index (χ1v) is 6.73. The molecule has 0 unspecified atom stereocenters. The number of para-hydroxylation sites is 1. The Labute approximate surface area is 112 Å². The number of hydrogen-bond acceptors (Lipinski definition) is 3. The van der Waals surface area contributed by atoms with Crippen LogP contribution in [0, 0.1) is 0 Å². The third-order valence-corrected chi connectivity index (χ3v) is 3.71. The fourth-order valence-corrected chi connectivity index (χ4v) is 2.85. The summed E-state index contributed by atoms with van der Waals surface area (Å²) in [6.45, 7) is 4.33. The number of ether oxygens (including phenoxy) is 1. The first kappa shape index (κ1) is 12.2. The monoisotopic (exact) mass is 258 g/mol. The Morgan fingerprint density at radius 3 is 3.00 bits per heavy atom. The Morgan fingerprint density at radius 2 is 2.21 bits per heavy atom. The van der Waals surface area contributed by atoms with Gasteiger partial charge in [-0.25, -0.2) is 0 Å². The molecule has 4 heteroatoms. The van der Waals surface area contributed by atoms with E-state index in [1.54, 1.807) is 0 Å². The van der Waals surface area contributed by atoms with Crippen molar-refractivity contribution in [1.29, 1.82) is 0 Å². The van der Waals surface area contributed by atoms with Crippen molar-refractivity contribution in [3.8, 4) is 0 Å². The number of carbonyl (C=O) groups is 1. The molecule has 2 N–H and O–H groups in total. The second kappa shape index (κ2) is 4.70. The highest BCUT2D eigenvalue weighted by atomic mass is 16.5. The van der Waals surface area contributed by atoms with Crippen molar-refractivity contribution >= 4 is 16.9 Å². The van der Waals surface area contributed by atoms with E-state index in [4.69, 9.17) is 4.74 Å². The third-order valence-electron chi connectivity index (χ3n) is 3.71. The van der Waals surface area contributed by atoms with Crippen molar-refractivity contribution in [2.24, 2.45) is 0 Å². The highest BCUT2D eigenvalue weighted by Gasteiger charge is 2.31. The van der Waals surface area contributed by atoms with Gasteiger partial charge in [-0.1, -0.05) is 18.2 Å². The van der Waals surface area contributed by atoms with Crippen LogP contribution in [0.1, 0.15) is 31.1 Å². The molecule has 2 atom stereocenters. The van der Waals surface area contributed by atoms with E-state index in [9.17, 15) is 4.79 Å². The van der Waals surface area contributed by atoms with Crippen LogP contribution in [-0.2, 0) is 16.0 Å². The maximum absolute atomic E-state index is 11.9. The quantitative estimate of drug-likeness (QED) is 0.813. The first-order chi connectivity index (χ1) is 9.20. The molecular formula is C15H18N2O2.